The molecule has 0 bridgehead atoms. The van der Waals surface area contributed by atoms with Crippen LogP contribution in [-0.4, -0.2) is 58.0 Å². The van der Waals surface area contributed by atoms with Crippen molar-refractivity contribution < 1.29 is 68.2 Å². The number of thiazole rings is 1. The number of ketones is 1. The van der Waals surface area contributed by atoms with Crippen molar-refractivity contribution in [3.8, 4) is 0 Å². The molecule has 0 aromatic carbocycles. The van der Waals surface area contributed by atoms with Crippen LogP contribution in [0.4, 0.5) is 5.13 Å². The fourth-order valence-corrected chi connectivity index (χ4v) is 3.02. The number of nitrogens with one attached hydrogen (secondary N) is 1. The van der Waals surface area contributed by atoms with E-state index in [1.165, 1.54) is 5.38 Å². The van der Waals surface area contributed by atoms with Crippen molar-refractivity contribution in [1.29, 1.82) is 0 Å². The first kappa shape index (κ1) is 21.2. The summed E-state index contributed by atoms with van der Waals surface area (Å²) in [6, 6.07) is -1.35. The summed E-state index contributed by atoms with van der Waals surface area (Å²) in [6.45, 7) is -0.455. The maximum Gasteiger partial charge on any atom is 1.00 e. The van der Waals surface area contributed by atoms with Crippen molar-refractivity contribution in [2.24, 2.45) is 0 Å². The molecule has 27 heavy (non-hydrogen) atoms. The Kier molecular flexibility index (Phi) is 6.21. The maximum atomic E-state index is 12.4. The fraction of sp³-hybridized carbons (Fsp3) is 0.385. The first-order chi connectivity index (χ1) is 12.2. The van der Waals surface area contributed by atoms with E-state index in [4.69, 9.17) is 15.3 Å². The summed E-state index contributed by atoms with van der Waals surface area (Å²) in [5.41, 5.74) is 2.79. The Labute approximate surface area is 177 Å². The van der Waals surface area contributed by atoms with E-state index in [-0.39, 0.29) is 53.2 Å². The summed E-state index contributed by atoms with van der Waals surface area (Å²) < 4.78 is 4.71. The number of anilines is 1. The van der Waals surface area contributed by atoms with Gasteiger partial charge in [0.05, 0.1) is 6.42 Å². The van der Waals surface area contributed by atoms with E-state index in [1.807, 2.05) is 0 Å². The zero-order chi connectivity index (χ0) is 19.1. The van der Waals surface area contributed by atoms with E-state index >= 15 is 0 Å². The third-order valence-electron chi connectivity index (χ3n) is 3.73. The number of rotatable bonds is 5. The number of ether oxygens (including phenoxy) is 1. The second-order valence-electron chi connectivity index (χ2n) is 5.40. The van der Waals surface area contributed by atoms with Crippen LogP contribution in [-0.2, 0) is 28.8 Å². The van der Waals surface area contributed by atoms with E-state index in [0.29, 0.717) is 5.06 Å². The number of carboxylic acid groups (broad SMARTS) is 1. The largest absolute Gasteiger partial charge is 1.00 e. The Morgan fingerprint density at radius 3 is 2.63 bits per heavy atom. The van der Waals surface area contributed by atoms with Crippen molar-refractivity contribution in [3.63, 3.8) is 0 Å². The first-order valence-electron chi connectivity index (χ1n) is 7.21. The number of nitrogen functional groups attached to an aromatic ring is 1. The van der Waals surface area contributed by atoms with Crippen molar-refractivity contribution in [1.82, 2.24) is 15.4 Å². The van der Waals surface area contributed by atoms with Crippen molar-refractivity contribution in [2.75, 3.05) is 12.3 Å². The molecule has 12 nitrogen and oxygen atoms in total. The van der Waals surface area contributed by atoms with Gasteiger partial charge in [-0.2, -0.15) is 5.06 Å². The monoisotopic (exact) mass is 406 g/mol. The van der Waals surface area contributed by atoms with Gasteiger partial charge in [-0.05, 0) is 0 Å². The van der Waals surface area contributed by atoms with Gasteiger partial charge in [-0.1, -0.05) is 0 Å². The number of hydrogen-bond donors (Lipinski definition) is 2. The predicted octanol–water partition coefficient (Wildman–Crippen LogP) is -6.05. The first-order valence-corrected chi connectivity index (χ1v) is 8.09. The smallest absolute Gasteiger partial charge is 0.544 e. The van der Waals surface area contributed by atoms with Gasteiger partial charge in [-0.25, -0.2) is 4.98 Å². The summed E-state index contributed by atoms with van der Waals surface area (Å²) in [4.78, 5) is 67.6. The molecule has 2 saturated heterocycles. The Morgan fingerprint density at radius 1 is 1.41 bits per heavy atom. The third-order valence-corrected chi connectivity index (χ3v) is 4.41. The summed E-state index contributed by atoms with van der Waals surface area (Å²) in [5, 5.41) is 15.2. The number of carboxylic acids is 1. The normalized spacial score (nSPS) is 24.3. The maximum absolute atomic E-state index is 12.4. The van der Waals surface area contributed by atoms with Crippen LogP contribution in [0.15, 0.2) is 5.38 Å². The van der Waals surface area contributed by atoms with Crippen LogP contribution >= 0.6 is 11.3 Å². The quantitative estimate of drug-likeness (QED) is 0.207. The van der Waals surface area contributed by atoms with Crippen molar-refractivity contribution in [3.05, 3.63) is 11.1 Å². The minimum absolute atomic E-state index is 0. The van der Waals surface area contributed by atoms with Gasteiger partial charge in [0, 0.05) is 11.8 Å². The zero-order valence-electron chi connectivity index (χ0n) is 13.9. The van der Waals surface area contributed by atoms with Crippen LogP contribution in [0.1, 0.15) is 23.3 Å². The van der Waals surface area contributed by atoms with Gasteiger partial charge < -0.3 is 25.7 Å². The van der Waals surface area contributed by atoms with E-state index in [1.54, 1.807) is 0 Å². The molecular weight excluding hydrogens is 395 g/mol. The number of carbonyl (C=O) groups is 5. The molecule has 3 heterocycles. The Morgan fingerprint density at radius 2 is 2.11 bits per heavy atom. The summed E-state index contributed by atoms with van der Waals surface area (Å²) in [5.74, 6) is -5.84. The molecule has 0 aliphatic carbocycles. The predicted molar refractivity (Wildman–Crippen MR) is 78.6 cm³/mol. The van der Waals surface area contributed by atoms with Gasteiger partial charge >= 0.3 is 35.5 Å². The number of aromatic nitrogens is 1. The number of nitrogens with two attached hydrogens (primary N) is 1. The minimum atomic E-state index is -2.40. The average Bonchev–Trinajstić information content (AvgIpc) is 3.28. The van der Waals surface area contributed by atoms with Crippen LogP contribution in [0.2, 0.25) is 0 Å². The van der Waals surface area contributed by atoms with Crippen LogP contribution in [0.3, 0.4) is 0 Å². The molecule has 138 valence electrons. The average molecular weight is 406 g/mol. The summed E-state index contributed by atoms with van der Waals surface area (Å²) in [6.07, 6.45) is -0.612. The van der Waals surface area contributed by atoms with Gasteiger partial charge in [0.2, 0.25) is 0 Å². The molecule has 2 aliphatic rings. The number of hydrogen-bond acceptors (Lipinski definition) is 11. The van der Waals surface area contributed by atoms with Crippen molar-refractivity contribution >= 4 is 46.0 Å². The number of nitrogens with zero attached hydrogens (tertiary/aromatic N) is 2. The van der Waals surface area contributed by atoms with Gasteiger partial charge in [-0.3, -0.25) is 24.0 Å². The molecule has 3 rings (SSSR count). The number of amides is 2. The molecule has 2 fully saturated rings. The van der Waals surface area contributed by atoms with E-state index in [0.717, 1.165) is 11.3 Å². The Balaban J connectivity index is 0.00000261. The van der Waals surface area contributed by atoms with Gasteiger partial charge in [0.25, 0.3) is 23.3 Å². The summed E-state index contributed by atoms with van der Waals surface area (Å²) in [7, 11) is 0. The molecule has 0 radical (unpaired) electrons. The van der Waals surface area contributed by atoms with Crippen LogP contribution in [0, 0.1) is 0 Å². The molecule has 1 unspecified atom stereocenters. The SMILES string of the molecule is Nc1nc(C(=O)C(=O)N[C@H]2CON(C3(C(=O)[O-])CCC(=O)O3)C2=O)cs1.[Na+]. The van der Waals surface area contributed by atoms with Crippen LogP contribution in [0.5, 0.6) is 0 Å². The number of aliphatic carboxylic acids is 1. The van der Waals surface area contributed by atoms with Crippen LogP contribution in [0.25, 0.3) is 0 Å². The van der Waals surface area contributed by atoms with Crippen molar-refractivity contribution in [2.45, 2.75) is 24.6 Å². The van der Waals surface area contributed by atoms with E-state index in [9.17, 15) is 29.1 Å². The molecule has 14 heteroatoms. The molecule has 1 aromatic rings. The molecule has 2 aliphatic heterocycles. The zero-order valence-corrected chi connectivity index (χ0v) is 16.7. The number of hydroxylamine groups is 2. The molecule has 2 atom stereocenters. The molecule has 3 N–H and O–H groups in total. The fourth-order valence-electron chi connectivity index (χ4n) is 2.47. The number of cyclic esters (lactones) is 1. The van der Waals surface area contributed by atoms with E-state index < -0.39 is 47.9 Å². The second kappa shape index (κ2) is 7.90. The Hall–Kier alpha value is -2.06. The molecule has 2 amide bonds. The second-order valence-corrected chi connectivity index (χ2v) is 6.29. The molecule has 0 spiro atoms. The Bertz CT molecular complexity index is 829. The topological polar surface area (TPSA) is 181 Å². The molecular formula is C13H11N4NaO8S. The summed E-state index contributed by atoms with van der Waals surface area (Å²) >= 11 is 0.959. The van der Waals surface area contributed by atoms with Gasteiger partial charge in [-0.15, -0.1) is 11.3 Å². The van der Waals surface area contributed by atoms with Gasteiger partial charge in [0.15, 0.2) is 5.13 Å². The molecule has 0 saturated carbocycles. The van der Waals surface area contributed by atoms with Crippen LogP contribution < -0.4 is 45.7 Å². The standard InChI is InChI=1S/C13H12N4O8S.Na/c14-12-16-6(4-26-12)8(19)9(20)15-5-3-24-17(10(5)21)13(11(22)23)2-1-7(18)25-13;/h4-5H,1-3H2,(H2,14,16)(H,15,20)(H,22,23);/q;+1/p-1/t5-,13?;/m0./s1. The number of esters is 1. The minimum Gasteiger partial charge on any atom is -0.544 e. The van der Waals surface area contributed by atoms with Gasteiger partial charge in [0.1, 0.15) is 24.3 Å². The number of carbonyl (C=O) groups excluding carboxylic acids is 5. The number of Topliss-reactive ketones (excluding diaryl/α,β-unsaturated/α-hetero) is 1. The third kappa shape index (κ3) is 3.82. The molecule has 1 aromatic heterocycles. The van der Waals surface area contributed by atoms with E-state index in [2.05, 4.69) is 10.3 Å².